The van der Waals surface area contributed by atoms with E-state index in [2.05, 4.69) is 5.32 Å². The molecule has 94 valence electrons. The Hall–Kier alpha value is -1.17. The molecule has 0 radical (unpaired) electrons. The van der Waals surface area contributed by atoms with Gasteiger partial charge in [-0.1, -0.05) is 18.2 Å². The molecule has 6 heteroatoms. The maximum absolute atomic E-state index is 11.8. The number of rotatable bonds is 4. The van der Waals surface area contributed by atoms with Crippen molar-refractivity contribution in [2.45, 2.75) is 12.4 Å². The number of nitrogens with one attached hydrogen (secondary N) is 1. The predicted octanol–water partition coefficient (Wildman–Crippen LogP) is 2.98. The van der Waals surface area contributed by atoms with Crippen molar-refractivity contribution in [1.82, 2.24) is 5.32 Å². The second-order valence-corrected chi connectivity index (χ2v) is 4.52. The summed E-state index contributed by atoms with van der Waals surface area (Å²) in [5.41, 5.74) is -2.95. The van der Waals surface area contributed by atoms with Gasteiger partial charge in [0.1, 0.15) is 0 Å². The number of hydrogen-bond acceptors (Lipinski definition) is 2. The summed E-state index contributed by atoms with van der Waals surface area (Å²) < 4.78 is 35.5. The Kier molecular flexibility index (Phi) is 4.86. The van der Waals surface area contributed by atoms with Crippen molar-refractivity contribution in [3.05, 3.63) is 35.4 Å². The number of halogens is 3. The van der Waals surface area contributed by atoms with Crippen LogP contribution >= 0.6 is 11.8 Å². The quantitative estimate of drug-likeness (QED) is 0.846. The molecule has 0 aliphatic carbocycles. The van der Waals surface area contributed by atoms with Crippen LogP contribution < -0.4 is 5.32 Å². The molecule has 0 aliphatic heterocycles. The Morgan fingerprint density at radius 2 is 2.00 bits per heavy atom. The average molecular weight is 263 g/mol. The van der Waals surface area contributed by atoms with E-state index < -0.39 is 5.51 Å². The summed E-state index contributed by atoms with van der Waals surface area (Å²) in [7, 11) is 0. The van der Waals surface area contributed by atoms with Crippen LogP contribution in [0.4, 0.5) is 13.2 Å². The predicted molar refractivity (Wildman–Crippen MR) is 62.0 cm³/mol. The van der Waals surface area contributed by atoms with Crippen LogP contribution in [0.3, 0.4) is 0 Å². The summed E-state index contributed by atoms with van der Waals surface area (Å²) in [6, 6.07) is 6.93. The highest BCUT2D eigenvalue weighted by Gasteiger charge is 2.27. The maximum Gasteiger partial charge on any atom is 0.441 e. The van der Waals surface area contributed by atoms with E-state index in [0.717, 1.165) is 5.56 Å². The fraction of sp³-hybridized carbons (Fsp3) is 0.364. The molecule has 2 nitrogen and oxygen atoms in total. The smallest absolute Gasteiger partial charge is 0.351 e. The lowest BCUT2D eigenvalue weighted by Crippen LogP contribution is -2.27. The van der Waals surface area contributed by atoms with Crippen LogP contribution in [0.1, 0.15) is 15.9 Å². The molecule has 0 aromatic heterocycles. The highest BCUT2D eigenvalue weighted by Crippen LogP contribution is 2.29. The van der Waals surface area contributed by atoms with E-state index in [1.54, 1.807) is 31.2 Å². The molecule has 1 amide bonds. The fourth-order valence-electron chi connectivity index (χ4n) is 1.25. The van der Waals surface area contributed by atoms with E-state index >= 15 is 0 Å². The van der Waals surface area contributed by atoms with Gasteiger partial charge in [0, 0.05) is 17.9 Å². The molecule has 0 heterocycles. The highest BCUT2D eigenvalue weighted by molar-refractivity contribution is 8.00. The zero-order valence-electron chi connectivity index (χ0n) is 9.17. The van der Waals surface area contributed by atoms with Crippen LogP contribution in [0.15, 0.2) is 24.3 Å². The van der Waals surface area contributed by atoms with Gasteiger partial charge in [-0.3, -0.25) is 4.79 Å². The molecule has 1 rings (SSSR count). The van der Waals surface area contributed by atoms with E-state index in [4.69, 9.17) is 0 Å². The van der Waals surface area contributed by atoms with Crippen LogP contribution in [0.5, 0.6) is 0 Å². The third-order valence-electron chi connectivity index (χ3n) is 2.04. The van der Waals surface area contributed by atoms with E-state index in [-0.39, 0.29) is 30.0 Å². The first-order valence-corrected chi connectivity index (χ1v) is 5.93. The number of benzene rings is 1. The minimum absolute atomic E-state index is 0.00263. The van der Waals surface area contributed by atoms with Crippen molar-refractivity contribution < 1.29 is 18.0 Å². The first-order valence-electron chi connectivity index (χ1n) is 4.94. The third kappa shape index (κ3) is 5.12. The number of aryl methyl sites for hydroxylation is 1. The zero-order valence-corrected chi connectivity index (χ0v) is 9.99. The molecular weight excluding hydrogens is 251 g/mol. The highest BCUT2D eigenvalue weighted by atomic mass is 32.2. The van der Waals surface area contributed by atoms with Gasteiger partial charge in [0.05, 0.1) is 0 Å². The summed E-state index contributed by atoms with van der Waals surface area (Å²) in [5.74, 6) is -0.521. The number of amides is 1. The molecule has 0 fully saturated rings. The van der Waals surface area contributed by atoms with Crippen LogP contribution in [0.25, 0.3) is 0 Å². The molecule has 0 unspecified atom stereocenters. The molecule has 0 atom stereocenters. The molecule has 1 N–H and O–H groups in total. The van der Waals surface area contributed by atoms with E-state index in [9.17, 15) is 18.0 Å². The average Bonchev–Trinajstić information content (AvgIpc) is 2.23. The van der Waals surface area contributed by atoms with Crippen molar-refractivity contribution in [3.8, 4) is 0 Å². The summed E-state index contributed by atoms with van der Waals surface area (Å²) in [5, 5.41) is 2.45. The topological polar surface area (TPSA) is 29.1 Å². The molecule has 1 aromatic carbocycles. The minimum atomic E-state index is -4.24. The van der Waals surface area contributed by atoms with E-state index in [1.807, 2.05) is 0 Å². The van der Waals surface area contributed by atoms with Gasteiger partial charge in [-0.2, -0.15) is 13.2 Å². The number of carbonyl (C=O) groups excluding carboxylic acids is 1. The number of hydrogen-bond donors (Lipinski definition) is 1. The largest absolute Gasteiger partial charge is 0.441 e. The van der Waals surface area contributed by atoms with Crippen molar-refractivity contribution in [1.29, 1.82) is 0 Å². The Morgan fingerprint density at radius 1 is 1.35 bits per heavy atom. The first kappa shape index (κ1) is 13.9. The van der Waals surface area contributed by atoms with Gasteiger partial charge in [-0.05, 0) is 30.3 Å². The normalized spacial score (nSPS) is 11.3. The monoisotopic (exact) mass is 263 g/mol. The third-order valence-corrected chi connectivity index (χ3v) is 2.78. The first-order chi connectivity index (χ1) is 7.90. The van der Waals surface area contributed by atoms with Crippen molar-refractivity contribution >= 4 is 17.7 Å². The minimum Gasteiger partial charge on any atom is -0.351 e. The van der Waals surface area contributed by atoms with E-state index in [0.29, 0.717) is 5.56 Å². The van der Waals surface area contributed by atoms with Crippen LogP contribution in [0.2, 0.25) is 0 Å². The summed E-state index contributed by atoms with van der Waals surface area (Å²) in [6.07, 6.45) is 0. The second-order valence-electron chi connectivity index (χ2n) is 3.37. The standard InChI is InChI=1S/C11H12F3NOS/c1-8-4-2-3-5-9(8)10(16)15-6-7-17-11(12,13)14/h2-5H,6-7H2,1H3,(H,15,16). The van der Waals surface area contributed by atoms with Gasteiger partial charge in [0.25, 0.3) is 5.91 Å². The second kappa shape index (κ2) is 5.95. The van der Waals surface area contributed by atoms with Crippen molar-refractivity contribution in [2.24, 2.45) is 0 Å². The Labute approximate surface area is 102 Å². The van der Waals surface area contributed by atoms with Crippen LogP contribution in [0, 0.1) is 6.92 Å². The number of alkyl halides is 3. The SMILES string of the molecule is Cc1ccccc1C(=O)NCCSC(F)(F)F. The van der Waals surface area contributed by atoms with Gasteiger partial charge in [-0.25, -0.2) is 0 Å². The van der Waals surface area contributed by atoms with Crippen LogP contribution in [-0.4, -0.2) is 23.7 Å². The van der Waals surface area contributed by atoms with Gasteiger partial charge in [0.15, 0.2) is 0 Å². The fourth-order valence-corrected chi connectivity index (χ4v) is 1.69. The van der Waals surface area contributed by atoms with E-state index in [1.165, 1.54) is 0 Å². The molecule has 17 heavy (non-hydrogen) atoms. The Balaban J connectivity index is 2.39. The molecule has 0 bridgehead atoms. The summed E-state index contributed by atoms with van der Waals surface area (Å²) >= 11 is -0.140. The van der Waals surface area contributed by atoms with Gasteiger partial charge < -0.3 is 5.32 Å². The molecule has 0 saturated heterocycles. The summed E-state index contributed by atoms with van der Waals surface area (Å²) in [6.45, 7) is 1.77. The number of carbonyl (C=O) groups is 1. The molecule has 0 saturated carbocycles. The van der Waals surface area contributed by atoms with Crippen LogP contribution in [-0.2, 0) is 0 Å². The zero-order chi connectivity index (χ0) is 12.9. The van der Waals surface area contributed by atoms with Crippen molar-refractivity contribution in [3.63, 3.8) is 0 Å². The maximum atomic E-state index is 11.8. The number of thioether (sulfide) groups is 1. The lowest BCUT2D eigenvalue weighted by atomic mass is 10.1. The molecule has 0 spiro atoms. The van der Waals surface area contributed by atoms with Gasteiger partial charge in [0.2, 0.25) is 0 Å². The van der Waals surface area contributed by atoms with Gasteiger partial charge in [-0.15, -0.1) is 0 Å². The molecule has 1 aromatic rings. The Morgan fingerprint density at radius 3 is 2.59 bits per heavy atom. The van der Waals surface area contributed by atoms with Gasteiger partial charge >= 0.3 is 5.51 Å². The molecule has 0 aliphatic rings. The summed E-state index contributed by atoms with van der Waals surface area (Å²) in [4.78, 5) is 11.6. The Bertz CT molecular complexity index is 393. The molecular formula is C11H12F3NOS. The lowest BCUT2D eigenvalue weighted by Gasteiger charge is -2.08. The lowest BCUT2D eigenvalue weighted by molar-refractivity contribution is -0.0327. The van der Waals surface area contributed by atoms with Crippen molar-refractivity contribution in [2.75, 3.05) is 12.3 Å².